The number of benzene rings is 1. The van der Waals surface area contributed by atoms with Crippen LogP contribution < -0.4 is 5.32 Å². The fraction of sp³-hybridized carbons (Fsp3) is 0.524. The van der Waals surface area contributed by atoms with Gasteiger partial charge in [0, 0.05) is 12.5 Å². The highest BCUT2D eigenvalue weighted by Gasteiger charge is 2.34. The third-order valence-electron chi connectivity index (χ3n) is 4.60. The van der Waals surface area contributed by atoms with Gasteiger partial charge in [0.05, 0.1) is 22.6 Å². The van der Waals surface area contributed by atoms with Crippen molar-refractivity contribution >= 4 is 5.91 Å². The van der Waals surface area contributed by atoms with Crippen molar-refractivity contribution in [2.24, 2.45) is 5.92 Å². The minimum atomic E-state index is 0.0398. The largest absolute Gasteiger partial charge is 0.352 e. The molecule has 25 heavy (non-hydrogen) atoms. The number of amides is 1. The van der Waals surface area contributed by atoms with Gasteiger partial charge in [-0.1, -0.05) is 39.3 Å². The van der Waals surface area contributed by atoms with E-state index in [1.807, 2.05) is 4.68 Å². The molecule has 0 saturated heterocycles. The van der Waals surface area contributed by atoms with E-state index in [9.17, 15) is 4.79 Å². The Balaban J connectivity index is 2.07. The van der Waals surface area contributed by atoms with Crippen molar-refractivity contribution in [1.82, 2.24) is 15.1 Å². The summed E-state index contributed by atoms with van der Waals surface area (Å²) in [6.07, 6.45) is 4.13. The zero-order valence-corrected chi connectivity index (χ0v) is 15.8. The van der Waals surface area contributed by atoms with Crippen molar-refractivity contribution in [3.8, 4) is 5.69 Å². The summed E-state index contributed by atoms with van der Waals surface area (Å²) in [5.74, 6) is 0.925. The van der Waals surface area contributed by atoms with Gasteiger partial charge in [-0.3, -0.25) is 4.79 Å². The zero-order chi connectivity index (χ0) is 18.0. The molecule has 4 heteroatoms. The van der Waals surface area contributed by atoms with E-state index >= 15 is 0 Å². The number of hydrogen-bond donors (Lipinski definition) is 1. The maximum Gasteiger partial charge on any atom is 0.255 e. The molecule has 1 aliphatic rings. The van der Waals surface area contributed by atoms with Crippen LogP contribution in [0.15, 0.2) is 24.3 Å². The van der Waals surface area contributed by atoms with E-state index in [2.05, 4.69) is 57.3 Å². The van der Waals surface area contributed by atoms with E-state index in [0.29, 0.717) is 18.4 Å². The van der Waals surface area contributed by atoms with Crippen LogP contribution in [0.3, 0.4) is 0 Å². The van der Waals surface area contributed by atoms with Crippen LogP contribution in [0.1, 0.15) is 73.3 Å². The Kier molecular flexibility index (Phi) is 5.26. The predicted molar refractivity (Wildman–Crippen MR) is 101 cm³/mol. The van der Waals surface area contributed by atoms with E-state index in [1.165, 1.54) is 5.56 Å². The molecule has 1 aromatic heterocycles. The Morgan fingerprint density at radius 1 is 1.36 bits per heavy atom. The molecule has 2 aromatic rings. The van der Waals surface area contributed by atoms with Crippen molar-refractivity contribution in [2.45, 2.75) is 59.3 Å². The summed E-state index contributed by atoms with van der Waals surface area (Å²) in [6, 6.07) is 8.35. The van der Waals surface area contributed by atoms with Crippen LogP contribution in [0.2, 0.25) is 0 Å². The van der Waals surface area contributed by atoms with Gasteiger partial charge in [0.1, 0.15) is 0 Å². The summed E-state index contributed by atoms with van der Waals surface area (Å²) in [5, 5.41) is 8.01. The Morgan fingerprint density at radius 3 is 2.72 bits per heavy atom. The SMILES string of the molecule is CCCc1c(C(=O)NCC(C)C)c(C2CC2)nn1-c1cccc(C)c1. The lowest BCUT2D eigenvalue weighted by Gasteiger charge is -2.11. The Morgan fingerprint density at radius 2 is 2.12 bits per heavy atom. The van der Waals surface area contributed by atoms with Crippen molar-refractivity contribution in [1.29, 1.82) is 0 Å². The molecular weight excluding hydrogens is 310 g/mol. The number of carbonyl (C=O) groups excluding carboxylic acids is 1. The highest BCUT2D eigenvalue weighted by atomic mass is 16.1. The lowest BCUT2D eigenvalue weighted by molar-refractivity contribution is 0.0947. The van der Waals surface area contributed by atoms with E-state index in [1.54, 1.807) is 0 Å². The molecule has 1 N–H and O–H groups in total. The van der Waals surface area contributed by atoms with E-state index in [4.69, 9.17) is 5.10 Å². The van der Waals surface area contributed by atoms with Gasteiger partial charge in [0.15, 0.2) is 0 Å². The molecule has 0 spiro atoms. The second-order valence-electron chi connectivity index (χ2n) is 7.59. The standard InChI is InChI=1S/C21H29N3O/c1-5-7-18-19(21(25)22-13-14(2)3)20(16-10-11-16)23-24(18)17-9-6-8-15(4)12-17/h6,8-9,12,14,16H,5,7,10-11,13H2,1-4H3,(H,22,25). The van der Waals surface area contributed by atoms with Crippen molar-refractivity contribution in [3.05, 3.63) is 46.8 Å². The van der Waals surface area contributed by atoms with Crippen molar-refractivity contribution in [3.63, 3.8) is 0 Å². The van der Waals surface area contributed by atoms with Crippen LogP contribution in [0.25, 0.3) is 5.69 Å². The number of carbonyl (C=O) groups is 1. The number of hydrogen-bond acceptors (Lipinski definition) is 2. The molecule has 0 aliphatic heterocycles. The molecule has 1 amide bonds. The summed E-state index contributed by atoms with van der Waals surface area (Å²) in [5.41, 5.74) is 5.12. The van der Waals surface area contributed by atoms with Gasteiger partial charge >= 0.3 is 0 Å². The second kappa shape index (κ2) is 7.42. The molecule has 1 aromatic carbocycles. The summed E-state index contributed by atoms with van der Waals surface area (Å²) >= 11 is 0. The van der Waals surface area contributed by atoms with Gasteiger partial charge in [-0.2, -0.15) is 5.10 Å². The molecule has 0 atom stereocenters. The monoisotopic (exact) mass is 339 g/mol. The molecule has 0 unspecified atom stereocenters. The Labute approximate surface area is 150 Å². The summed E-state index contributed by atoms with van der Waals surface area (Å²) in [4.78, 5) is 12.9. The Hall–Kier alpha value is -2.10. The van der Waals surface area contributed by atoms with Gasteiger partial charge in [-0.25, -0.2) is 4.68 Å². The van der Waals surface area contributed by atoms with Crippen LogP contribution in [-0.2, 0) is 6.42 Å². The Bertz CT molecular complexity index is 756. The van der Waals surface area contributed by atoms with E-state index in [-0.39, 0.29) is 5.91 Å². The first-order valence-electron chi connectivity index (χ1n) is 9.48. The second-order valence-corrected chi connectivity index (χ2v) is 7.59. The molecule has 0 bridgehead atoms. The molecule has 1 aliphatic carbocycles. The maximum absolute atomic E-state index is 12.9. The quantitative estimate of drug-likeness (QED) is 0.813. The molecular formula is C21H29N3O. The fourth-order valence-corrected chi connectivity index (χ4v) is 3.19. The predicted octanol–water partition coefficient (Wildman–Crippen LogP) is 4.40. The van der Waals surface area contributed by atoms with Crippen LogP contribution in [0.4, 0.5) is 0 Å². The van der Waals surface area contributed by atoms with Crippen molar-refractivity contribution in [2.75, 3.05) is 6.54 Å². The smallest absolute Gasteiger partial charge is 0.255 e. The first-order chi connectivity index (χ1) is 12.0. The van der Waals surface area contributed by atoms with E-state index in [0.717, 1.165) is 48.3 Å². The van der Waals surface area contributed by atoms with Crippen LogP contribution in [0.5, 0.6) is 0 Å². The molecule has 3 rings (SSSR count). The highest BCUT2D eigenvalue weighted by molar-refractivity contribution is 5.97. The molecule has 134 valence electrons. The maximum atomic E-state index is 12.9. The fourth-order valence-electron chi connectivity index (χ4n) is 3.19. The number of nitrogens with zero attached hydrogens (tertiary/aromatic N) is 2. The topological polar surface area (TPSA) is 46.9 Å². The molecule has 4 nitrogen and oxygen atoms in total. The minimum Gasteiger partial charge on any atom is -0.352 e. The van der Waals surface area contributed by atoms with E-state index < -0.39 is 0 Å². The molecule has 1 saturated carbocycles. The molecule has 0 radical (unpaired) electrons. The average Bonchev–Trinajstić information content (AvgIpc) is 3.35. The van der Waals surface area contributed by atoms with Gasteiger partial charge in [-0.15, -0.1) is 0 Å². The summed E-state index contributed by atoms with van der Waals surface area (Å²) < 4.78 is 2.01. The van der Waals surface area contributed by atoms with Gasteiger partial charge in [-0.05, 0) is 49.8 Å². The van der Waals surface area contributed by atoms with Crippen molar-refractivity contribution < 1.29 is 4.79 Å². The summed E-state index contributed by atoms with van der Waals surface area (Å²) in [7, 11) is 0. The molecule has 1 heterocycles. The lowest BCUT2D eigenvalue weighted by atomic mass is 10.0. The van der Waals surface area contributed by atoms with Crippen LogP contribution in [-0.4, -0.2) is 22.2 Å². The van der Waals surface area contributed by atoms with Gasteiger partial charge in [0.2, 0.25) is 0 Å². The normalized spacial score (nSPS) is 14.1. The number of aromatic nitrogens is 2. The minimum absolute atomic E-state index is 0.0398. The van der Waals surface area contributed by atoms with Crippen LogP contribution >= 0.6 is 0 Å². The number of aryl methyl sites for hydroxylation is 1. The first kappa shape index (κ1) is 17.7. The van der Waals surface area contributed by atoms with Gasteiger partial charge < -0.3 is 5.32 Å². The molecule has 1 fully saturated rings. The van der Waals surface area contributed by atoms with Crippen LogP contribution in [0, 0.1) is 12.8 Å². The average molecular weight is 339 g/mol. The number of rotatable bonds is 7. The number of nitrogens with one attached hydrogen (secondary N) is 1. The lowest BCUT2D eigenvalue weighted by Crippen LogP contribution is -2.28. The third-order valence-corrected chi connectivity index (χ3v) is 4.60. The third kappa shape index (κ3) is 3.94. The zero-order valence-electron chi connectivity index (χ0n) is 15.8. The summed E-state index contributed by atoms with van der Waals surface area (Å²) in [6.45, 7) is 9.17. The first-order valence-corrected chi connectivity index (χ1v) is 9.48. The van der Waals surface area contributed by atoms with Gasteiger partial charge in [0.25, 0.3) is 5.91 Å². The highest BCUT2D eigenvalue weighted by Crippen LogP contribution is 2.42.